The number of benzene rings is 1. The van der Waals surface area contributed by atoms with Crippen LogP contribution >= 0.6 is 35.0 Å². The fourth-order valence-corrected chi connectivity index (χ4v) is 2.44. The molecule has 2 aromatic rings. The van der Waals surface area contributed by atoms with Gasteiger partial charge in [-0.25, -0.2) is 4.98 Å². The molecule has 0 aliphatic heterocycles. The number of pyridine rings is 1. The van der Waals surface area contributed by atoms with Crippen LogP contribution in [-0.4, -0.2) is 10.7 Å². The first-order chi connectivity index (χ1) is 9.63. The van der Waals surface area contributed by atoms with Gasteiger partial charge in [0.15, 0.2) is 0 Å². The number of nitrogens with zero attached hydrogens (tertiary/aromatic N) is 2. The number of thioether (sulfide) groups is 1. The van der Waals surface area contributed by atoms with Crippen molar-refractivity contribution in [1.29, 1.82) is 5.26 Å². The van der Waals surface area contributed by atoms with Crippen molar-refractivity contribution in [3.63, 3.8) is 0 Å². The van der Waals surface area contributed by atoms with Crippen LogP contribution in [0.3, 0.4) is 0 Å². The molecule has 1 aromatic heterocycles. The Labute approximate surface area is 131 Å². The zero-order chi connectivity index (χ0) is 14.5. The Morgan fingerprint density at radius 3 is 2.75 bits per heavy atom. The zero-order valence-corrected chi connectivity index (χ0v) is 12.9. The van der Waals surface area contributed by atoms with Gasteiger partial charge in [0, 0.05) is 17.2 Å². The summed E-state index contributed by atoms with van der Waals surface area (Å²) in [6, 6.07) is 8.73. The van der Waals surface area contributed by atoms with Gasteiger partial charge in [0.05, 0.1) is 10.0 Å². The Kier molecular flexibility index (Phi) is 5.13. The van der Waals surface area contributed by atoms with E-state index in [2.05, 4.69) is 11.1 Å². The average molecular weight is 325 g/mol. The van der Waals surface area contributed by atoms with Gasteiger partial charge in [-0.2, -0.15) is 5.26 Å². The summed E-state index contributed by atoms with van der Waals surface area (Å²) in [7, 11) is 0. The van der Waals surface area contributed by atoms with Crippen LogP contribution in [0.5, 0.6) is 11.6 Å². The third-order valence-corrected chi connectivity index (χ3v) is 3.95. The van der Waals surface area contributed by atoms with Crippen molar-refractivity contribution < 1.29 is 4.74 Å². The maximum absolute atomic E-state index is 9.16. The lowest BCUT2D eigenvalue weighted by Crippen LogP contribution is -1.93. The quantitative estimate of drug-likeness (QED) is 0.728. The van der Waals surface area contributed by atoms with Gasteiger partial charge in [0.1, 0.15) is 17.4 Å². The van der Waals surface area contributed by atoms with Crippen molar-refractivity contribution in [1.82, 2.24) is 4.98 Å². The van der Waals surface area contributed by atoms with E-state index in [1.54, 1.807) is 42.2 Å². The zero-order valence-electron chi connectivity index (χ0n) is 10.6. The number of halogens is 2. The fraction of sp³-hybridized carbons (Fsp3) is 0.143. The smallest absolute Gasteiger partial charge is 0.237 e. The molecule has 0 bridgehead atoms. The van der Waals surface area contributed by atoms with Crippen LogP contribution in [0, 0.1) is 11.3 Å². The Morgan fingerprint density at radius 1 is 1.30 bits per heavy atom. The van der Waals surface area contributed by atoms with Crippen molar-refractivity contribution in [2.45, 2.75) is 11.8 Å². The van der Waals surface area contributed by atoms with E-state index in [0.29, 0.717) is 21.4 Å². The van der Waals surface area contributed by atoms with Gasteiger partial charge >= 0.3 is 0 Å². The summed E-state index contributed by atoms with van der Waals surface area (Å²) < 4.78 is 5.58. The SMILES string of the molecule is CCSc1cnc(Oc2ccc(Cl)c(Cl)c2)c(C#N)c1. The van der Waals surface area contributed by atoms with E-state index in [9.17, 15) is 0 Å². The molecule has 0 aliphatic carbocycles. The molecule has 1 heterocycles. The van der Waals surface area contributed by atoms with Crippen LogP contribution in [0.2, 0.25) is 10.0 Å². The second-order valence-corrected chi connectivity index (χ2v) is 5.90. The van der Waals surface area contributed by atoms with Crippen molar-refractivity contribution >= 4 is 35.0 Å². The molecule has 0 aliphatic rings. The number of aromatic nitrogens is 1. The predicted molar refractivity (Wildman–Crippen MR) is 81.9 cm³/mol. The molecule has 102 valence electrons. The highest BCUT2D eigenvalue weighted by Gasteiger charge is 2.09. The molecule has 3 nitrogen and oxygen atoms in total. The van der Waals surface area contributed by atoms with E-state index in [1.807, 2.05) is 6.92 Å². The van der Waals surface area contributed by atoms with E-state index in [4.69, 9.17) is 33.2 Å². The summed E-state index contributed by atoms with van der Waals surface area (Å²) >= 11 is 13.4. The second-order valence-electron chi connectivity index (χ2n) is 3.75. The molecule has 0 spiro atoms. The summed E-state index contributed by atoms with van der Waals surface area (Å²) in [6.45, 7) is 2.04. The molecule has 20 heavy (non-hydrogen) atoms. The molecule has 0 unspecified atom stereocenters. The first-order valence-electron chi connectivity index (χ1n) is 5.80. The number of ether oxygens (including phenoxy) is 1. The number of hydrogen-bond donors (Lipinski definition) is 0. The van der Waals surface area contributed by atoms with Gasteiger partial charge < -0.3 is 4.74 Å². The van der Waals surface area contributed by atoms with Gasteiger partial charge in [0.25, 0.3) is 0 Å². The van der Waals surface area contributed by atoms with E-state index >= 15 is 0 Å². The molecule has 6 heteroatoms. The summed E-state index contributed by atoms with van der Waals surface area (Å²) in [5.41, 5.74) is 0.384. The molecule has 0 amide bonds. The minimum Gasteiger partial charge on any atom is -0.438 e. The normalized spacial score (nSPS) is 10.1. The van der Waals surface area contributed by atoms with Crippen LogP contribution < -0.4 is 4.74 Å². The molecular weight excluding hydrogens is 315 g/mol. The lowest BCUT2D eigenvalue weighted by Gasteiger charge is -2.08. The minimum absolute atomic E-state index is 0.256. The van der Waals surface area contributed by atoms with Crippen molar-refractivity contribution in [3.05, 3.63) is 46.1 Å². The van der Waals surface area contributed by atoms with Crippen LogP contribution in [0.4, 0.5) is 0 Å². The highest BCUT2D eigenvalue weighted by Crippen LogP contribution is 2.31. The first kappa shape index (κ1) is 15.0. The highest BCUT2D eigenvalue weighted by molar-refractivity contribution is 7.99. The van der Waals surface area contributed by atoms with Gasteiger partial charge in [-0.15, -0.1) is 11.8 Å². The number of nitriles is 1. The van der Waals surface area contributed by atoms with Gasteiger partial charge in [-0.3, -0.25) is 0 Å². The van der Waals surface area contributed by atoms with Gasteiger partial charge in [0.2, 0.25) is 5.88 Å². The summed E-state index contributed by atoms with van der Waals surface area (Å²) in [6.07, 6.45) is 1.68. The van der Waals surface area contributed by atoms with Gasteiger partial charge in [-0.1, -0.05) is 30.1 Å². The number of rotatable bonds is 4. The first-order valence-corrected chi connectivity index (χ1v) is 7.54. The highest BCUT2D eigenvalue weighted by atomic mass is 35.5. The predicted octanol–water partition coefficient (Wildman–Crippen LogP) is 5.16. The van der Waals surface area contributed by atoms with E-state index in [-0.39, 0.29) is 5.88 Å². The van der Waals surface area contributed by atoms with Crippen LogP contribution in [0.15, 0.2) is 35.4 Å². The Hall–Kier alpha value is -1.41. The number of hydrogen-bond acceptors (Lipinski definition) is 4. The molecule has 0 atom stereocenters. The molecule has 0 fully saturated rings. The second kappa shape index (κ2) is 6.85. The van der Waals surface area contributed by atoms with Crippen LogP contribution in [0.1, 0.15) is 12.5 Å². The third-order valence-electron chi connectivity index (χ3n) is 2.36. The maximum atomic E-state index is 9.16. The van der Waals surface area contributed by atoms with E-state index in [0.717, 1.165) is 10.6 Å². The molecule has 0 radical (unpaired) electrons. The Balaban J connectivity index is 2.28. The fourth-order valence-electron chi connectivity index (χ4n) is 1.49. The maximum Gasteiger partial charge on any atom is 0.237 e. The van der Waals surface area contributed by atoms with E-state index < -0.39 is 0 Å². The van der Waals surface area contributed by atoms with Crippen molar-refractivity contribution in [2.24, 2.45) is 0 Å². The topological polar surface area (TPSA) is 45.9 Å². The van der Waals surface area contributed by atoms with E-state index in [1.165, 1.54) is 0 Å². The van der Waals surface area contributed by atoms with Crippen molar-refractivity contribution in [2.75, 3.05) is 5.75 Å². The lowest BCUT2D eigenvalue weighted by molar-refractivity contribution is 0.460. The third kappa shape index (κ3) is 3.57. The summed E-state index contributed by atoms with van der Waals surface area (Å²) in [4.78, 5) is 5.11. The molecule has 0 saturated carbocycles. The summed E-state index contributed by atoms with van der Waals surface area (Å²) in [5.74, 6) is 1.66. The molecular formula is C14H10Cl2N2OS. The standard InChI is InChI=1S/C14H10Cl2N2OS/c1-2-20-11-5-9(7-17)14(18-8-11)19-10-3-4-12(15)13(16)6-10/h3-6,8H,2H2,1H3. The average Bonchev–Trinajstić information content (AvgIpc) is 2.45. The Bertz CT molecular complexity index is 671. The minimum atomic E-state index is 0.256. The van der Waals surface area contributed by atoms with Crippen molar-refractivity contribution in [3.8, 4) is 17.7 Å². The molecule has 0 N–H and O–H groups in total. The molecule has 0 saturated heterocycles. The van der Waals surface area contributed by atoms with Crippen LogP contribution in [0.25, 0.3) is 0 Å². The Morgan fingerprint density at radius 2 is 2.10 bits per heavy atom. The largest absolute Gasteiger partial charge is 0.438 e. The monoisotopic (exact) mass is 324 g/mol. The molecule has 1 aromatic carbocycles. The lowest BCUT2D eigenvalue weighted by atomic mass is 10.3. The summed E-state index contributed by atoms with van der Waals surface area (Å²) in [5, 5.41) is 10.00. The molecule has 2 rings (SSSR count). The van der Waals surface area contributed by atoms with Crippen LogP contribution in [-0.2, 0) is 0 Å². The van der Waals surface area contributed by atoms with Gasteiger partial charge in [-0.05, 0) is 24.0 Å².